The van der Waals surface area contributed by atoms with Gasteiger partial charge in [-0.15, -0.1) is 0 Å². The molecule has 0 aliphatic heterocycles. The third-order valence-electron chi connectivity index (χ3n) is 2.32. The standard InChI is InChI=1S/C14H11ClO3/c1-17-14(16)12-7-2-3-8-13(12)18-11-6-4-5-10(15)9-11/h2-9H,1H3. The Labute approximate surface area is 110 Å². The van der Waals surface area contributed by atoms with Gasteiger partial charge in [0.15, 0.2) is 0 Å². The Bertz CT molecular complexity index is 566. The van der Waals surface area contributed by atoms with Gasteiger partial charge >= 0.3 is 5.97 Å². The number of halogens is 1. The fourth-order valence-electron chi connectivity index (χ4n) is 1.49. The van der Waals surface area contributed by atoms with Gasteiger partial charge in [-0.3, -0.25) is 0 Å². The van der Waals surface area contributed by atoms with Crippen molar-refractivity contribution >= 4 is 17.6 Å². The lowest BCUT2D eigenvalue weighted by atomic mass is 10.2. The van der Waals surface area contributed by atoms with Crippen molar-refractivity contribution in [2.45, 2.75) is 0 Å². The van der Waals surface area contributed by atoms with E-state index in [4.69, 9.17) is 21.1 Å². The van der Waals surface area contributed by atoms with Crippen LogP contribution < -0.4 is 4.74 Å². The van der Waals surface area contributed by atoms with Crippen LogP contribution in [-0.4, -0.2) is 13.1 Å². The van der Waals surface area contributed by atoms with Crippen molar-refractivity contribution in [2.24, 2.45) is 0 Å². The predicted molar refractivity (Wildman–Crippen MR) is 69.3 cm³/mol. The number of para-hydroxylation sites is 1. The van der Waals surface area contributed by atoms with Gasteiger partial charge in [0.2, 0.25) is 0 Å². The van der Waals surface area contributed by atoms with E-state index >= 15 is 0 Å². The van der Waals surface area contributed by atoms with Crippen LogP contribution in [0.3, 0.4) is 0 Å². The summed E-state index contributed by atoms with van der Waals surface area (Å²) in [4.78, 5) is 11.6. The molecule has 0 aliphatic rings. The average Bonchev–Trinajstić information content (AvgIpc) is 2.38. The summed E-state index contributed by atoms with van der Waals surface area (Å²) in [5, 5.41) is 0.572. The third-order valence-corrected chi connectivity index (χ3v) is 2.55. The summed E-state index contributed by atoms with van der Waals surface area (Å²) in [6, 6.07) is 13.8. The quantitative estimate of drug-likeness (QED) is 0.787. The van der Waals surface area contributed by atoms with E-state index in [2.05, 4.69) is 0 Å². The van der Waals surface area contributed by atoms with Crippen molar-refractivity contribution in [1.29, 1.82) is 0 Å². The molecule has 2 aromatic rings. The highest BCUT2D eigenvalue weighted by molar-refractivity contribution is 6.30. The normalized spacial score (nSPS) is 9.89. The third kappa shape index (κ3) is 2.81. The van der Waals surface area contributed by atoms with Crippen LogP contribution in [-0.2, 0) is 4.74 Å². The largest absolute Gasteiger partial charge is 0.465 e. The lowest BCUT2D eigenvalue weighted by Crippen LogP contribution is -2.03. The first-order valence-electron chi connectivity index (χ1n) is 5.31. The van der Waals surface area contributed by atoms with Gasteiger partial charge in [0.25, 0.3) is 0 Å². The molecule has 0 atom stereocenters. The minimum atomic E-state index is -0.437. The molecule has 0 spiro atoms. The van der Waals surface area contributed by atoms with Gasteiger partial charge in [-0.05, 0) is 30.3 Å². The van der Waals surface area contributed by atoms with Crippen molar-refractivity contribution in [3.8, 4) is 11.5 Å². The van der Waals surface area contributed by atoms with Crippen LogP contribution in [0.1, 0.15) is 10.4 Å². The summed E-state index contributed by atoms with van der Waals surface area (Å²) in [5.74, 6) is 0.568. The van der Waals surface area contributed by atoms with Crippen LogP contribution in [0.4, 0.5) is 0 Å². The second-order valence-corrected chi connectivity index (χ2v) is 3.98. The molecular formula is C14H11ClO3. The van der Waals surface area contributed by atoms with E-state index in [1.165, 1.54) is 7.11 Å². The van der Waals surface area contributed by atoms with Gasteiger partial charge < -0.3 is 9.47 Å². The lowest BCUT2D eigenvalue weighted by Gasteiger charge is -2.09. The van der Waals surface area contributed by atoms with Crippen molar-refractivity contribution in [3.05, 3.63) is 59.1 Å². The molecule has 0 aliphatic carbocycles. The second kappa shape index (κ2) is 5.56. The number of rotatable bonds is 3. The Kier molecular flexibility index (Phi) is 3.85. The van der Waals surface area contributed by atoms with Gasteiger partial charge in [-0.1, -0.05) is 29.8 Å². The van der Waals surface area contributed by atoms with Gasteiger partial charge in [0.05, 0.1) is 7.11 Å². The van der Waals surface area contributed by atoms with Crippen LogP contribution >= 0.6 is 11.6 Å². The average molecular weight is 263 g/mol. The van der Waals surface area contributed by atoms with Crippen LogP contribution in [0.15, 0.2) is 48.5 Å². The SMILES string of the molecule is COC(=O)c1ccccc1Oc1cccc(Cl)c1. The van der Waals surface area contributed by atoms with E-state index in [0.29, 0.717) is 22.1 Å². The molecule has 0 bridgehead atoms. The Balaban J connectivity index is 2.32. The number of esters is 1. The molecule has 0 N–H and O–H groups in total. The Hall–Kier alpha value is -2.00. The predicted octanol–water partition coefficient (Wildman–Crippen LogP) is 3.92. The molecule has 3 nitrogen and oxygen atoms in total. The van der Waals surface area contributed by atoms with Crippen molar-refractivity contribution in [1.82, 2.24) is 0 Å². The van der Waals surface area contributed by atoms with Gasteiger partial charge in [0, 0.05) is 5.02 Å². The monoisotopic (exact) mass is 262 g/mol. The number of carbonyl (C=O) groups is 1. The molecule has 0 amide bonds. The lowest BCUT2D eigenvalue weighted by molar-refractivity contribution is 0.0598. The Morgan fingerprint density at radius 2 is 1.89 bits per heavy atom. The fourth-order valence-corrected chi connectivity index (χ4v) is 1.67. The molecule has 0 radical (unpaired) electrons. The fraction of sp³-hybridized carbons (Fsp3) is 0.0714. The van der Waals surface area contributed by atoms with E-state index in [1.807, 2.05) is 0 Å². The summed E-state index contributed by atoms with van der Waals surface area (Å²) >= 11 is 5.87. The highest BCUT2D eigenvalue weighted by Crippen LogP contribution is 2.27. The zero-order valence-electron chi connectivity index (χ0n) is 9.72. The molecule has 0 aromatic heterocycles. The summed E-state index contributed by atoms with van der Waals surface area (Å²) in [6.07, 6.45) is 0. The van der Waals surface area contributed by atoms with E-state index in [-0.39, 0.29) is 0 Å². The number of hydrogen-bond acceptors (Lipinski definition) is 3. The van der Waals surface area contributed by atoms with Crippen LogP contribution in [0.2, 0.25) is 5.02 Å². The highest BCUT2D eigenvalue weighted by Gasteiger charge is 2.12. The number of ether oxygens (including phenoxy) is 2. The number of methoxy groups -OCH3 is 1. The highest BCUT2D eigenvalue weighted by atomic mass is 35.5. The van der Waals surface area contributed by atoms with Gasteiger partial charge in [-0.2, -0.15) is 0 Å². The number of carbonyl (C=O) groups excluding carboxylic acids is 1. The zero-order chi connectivity index (χ0) is 13.0. The smallest absolute Gasteiger partial charge is 0.341 e. The topological polar surface area (TPSA) is 35.5 Å². The molecule has 4 heteroatoms. The minimum Gasteiger partial charge on any atom is -0.465 e. The number of benzene rings is 2. The first kappa shape index (κ1) is 12.5. The molecule has 0 saturated carbocycles. The molecule has 0 unspecified atom stereocenters. The van der Waals surface area contributed by atoms with Crippen LogP contribution in [0.5, 0.6) is 11.5 Å². The van der Waals surface area contributed by atoms with Gasteiger partial charge in [0.1, 0.15) is 17.1 Å². The first-order valence-corrected chi connectivity index (χ1v) is 5.69. The number of hydrogen-bond donors (Lipinski definition) is 0. The molecule has 2 aromatic carbocycles. The Morgan fingerprint density at radius 1 is 1.11 bits per heavy atom. The van der Waals surface area contributed by atoms with Crippen LogP contribution in [0, 0.1) is 0 Å². The maximum Gasteiger partial charge on any atom is 0.341 e. The minimum absolute atomic E-state index is 0.375. The molecule has 18 heavy (non-hydrogen) atoms. The summed E-state index contributed by atoms with van der Waals surface area (Å²) in [6.45, 7) is 0. The zero-order valence-corrected chi connectivity index (χ0v) is 10.5. The van der Waals surface area contributed by atoms with E-state index in [0.717, 1.165) is 0 Å². The maximum atomic E-state index is 11.6. The van der Waals surface area contributed by atoms with Crippen LogP contribution in [0.25, 0.3) is 0 Å². The molecule has 0 saturated heterocycles. The summed E-state index contributed by atoms with van der Waals surface area (Å²) in [7, 11) is 1.33. The summed E-state index contributed by atoms with van der Waals surface area (Å²) in [5.41, 5.74) is 0.375. The van der Waals surface area contributed by atoms with E-state index in [9.17, 15) is 4.79 Å². The van der Waals surface area contributed by atoms with E-state index in [1.54, 1.807) is 48.5 Å². The van der Waals surface area contributed by atoms with Crippen molar-refractivity contribution < 1.29 is 14.3 Å². The van der Waals surface area contributed by atoms with Crippen molar-refractivity contribution in [2.75, 3.05) is 7.11 Å². The Morgan fingerprint density at radius 3 is 2.61 bits per heavy atom. The summed E-state index contributed by atoms with van der Waals surface area (Å²) < 4.78 is 10.3. The second-order valence-electron chi connectivity index (χ2n) is 3.55. The molecule has 2 rings (SSSR count). The maximum absolute atomic E-state index is 11.6. The first-order chi connectivity index (χ1) is 8.70. The molecule has 0 fully saturated rings. The molecule has 0 heterocycles. The molecular weight excluding hydrogens is 252 g/mol. The van der Waals surface area contributed by atoms with Gasteiger partial charge in [-0.25, -0.2) is 4.79 Å². The molecule has 92 valence electrons. The van der Waals surface area contributed by atoms with Crippen molar-refractivity contribution in [3.63, 3.8) is 0 Å². The van der Waals surface area contributed by atoms with E-state index < -0.39 is 5.97 Å².